The molecule has 3 fully saturated rings. The third-order valence-electron chi connectivity index (χ3n) is 11.2. The predicted molar refractivity (Wildman–Crippen MR) is 126 cm³/mol. The fourth-order valence-corrected chi connectivity index (χ4v) is 9.27. The lowest BCUT2D eigenvalue weighted by Gasteiger charge is -2.58. The van der Waals surface area contributed by atoms with Crippen LogP contribution in [0.1, 0.15) is 85.5 Å². The third kappa shape index (κ3) is 3.39. The summed E-state index contributed by atoms with van der Waals surface area (Å²) in [6.07, 6.45) is 11.7. The van der Waals surface area contributed by atoms with Gasteiger partial charge in [0.2, 0.25) is 0 Å². The second kappa shape index (κ2) is 8.22. The first-order chi connectivity index (χ1) is 15.2. The Labute approximate surface area is 194 Å². The second-order valence-electron chi connectivity index (χ2n) is 12.4. The first kappa shape index (κ1) is 23.1. The van der Waals surface area contributed by atoms with E-state index < -0.39 is 6.29 Å². The van der Waals surface area contributed by atoms with E-state index in [0.717, 1.165) is 49.0 Å². The Morgan fingerprint density at radius 1 is 1.06 bits per heavy atom. The van der Waals surface area contributed by atoms with E-state index in [1.54, 1.807) is 5.57 Å². The molecule has 3 saturated carbocycles. The topological polar surface area (TPSA) is 69.9 Å². The standard InChI is InChI=1S/C28H44O4/c1-16-13-25(32-26(31)21(16)15-29)17(2)22-7-8-23-20-6-5-18-14-19(30)9-11-27(18,3)24(20)10-12-28(22,23)4/h5,17,19-20,22-26,29-31H,6-15H2,1-4H3/t17-,19-,20-,22+,23-,24-,25-,26?,27-,28+/m0/s1. The van der Waals surface area contributed by atoms with E-state index >= 15 is 0 Å². The number of ether oxygens (including phenoxy) is 1. The lowest BCUT2D eigenvalue weighted by atomic mass is 9.47. The molecular formula is C28H44O4. The van der Waals surface area contributed by atoms with Crippen LogP contribution < -0.4 is 0 Å². The maximum absolute atomic E-state index is 10.4. The average molecular weight is 445 g/mol. The molecule has 0 saturated heterocycles. The molecule has 0 spiro atoms. The van der Waals surface area contributed by atoms with E-state index in [-0.39, 0.29) is 18.8 Å². The summed E-state index contributed by atoms with van der Waals surface area (Å²) in [5, 5.41) is 30.3. The van der Waals surface area contributed by atoms with Crippen LogP contribution in [-0.2, 0) is 4.74 Å². The van der Waals surface area contributed by atoms with Crippen LogP contribution in [0.25, 0.3) is 0 Å². The Hall–Kier alpha value is -0.680. The Morgan fingerprint density at radius 3 is 2.56 bits per heavy atom. The number of rotatable bonds is 3. The van der Waals surface area contributed by atoms with Crippen LogP contribution in [0.5, 0.6) is 0 Å². The number of aliphatic hydroxyl groups is 3. The Kier molecular flexibility index (Phi) is 5.93. The summed E-state index contributed by atoms with van der Waals surface area (Å²) >= 11 is 0. The molecule has 5 rings (SSSR count). The summed E-state index contributed by atoms with van der Waals surface area (Å²) in [6.45, 7) is 9.34. The van der Waals surface area contributed by atoms with E-state index in [9.17, 15) is 15.3 Å². The SMILES string of the molecule is CC1=C(CO)C(O)O[C@H]([C@@H](C)[C@H]2CC[C@H]3[C@@H]4CC=C5C[C@@H](O)CC[C@]5(C)[C@H]4CC[C@]23C)C1. The maximum Gasteiger partial charge on any atom is 0.179 e. The van der Waals surface area contributed by atoms with Crippen molar-refractivity contribution in [1.82, 2.24) is 0 Å². The highest BCUT2D eigenvalue weighted by atomic mass is 16.6. The average Bonchev–Trinajstić information content (AvgIpc) is 3.10. The monoisotopic (exact) mass is 444 g/mol. The molecule has 0 aromatic rings. The van der Waals surface area contributed by atoms with Crippen LogP contribution in [0.3, 0.4) is 0 Å². The van der Waals surface area contributed by atoms with Gasteiger partial charge >= 0.3 is 0 Å². The zero-order valence-electron chi connectivity index (χ0n) is 20.5. The smallest absolute Gasteiger partial charge is 0.179 e. The number of fused-ring (bicyclic) bond motifs is 5. The largest absolute Gasteiger partial charge is 0.393 e. The van der Waals surface area contributed by atoms with Crippen molar-refractivity contribution in [2.75, 3.05) is 6.61 Å². The Morgan fingerprint density at radius 2 is 1.84 bits per heavy atom. The van der Waals surface area contributed by atoms with Gasteiger partial charge in [0.25, 0.3) is 0 Å². The zero-order valence-corrected chi connectivity index (χ0v) is 20.5. The minimum Gasteiger partial charge on any atom is -0.393 e. The number of hydrogen-bond acceptors (Lipinski definition) is 4. The van der Waals surface area contributed by atoms with Crippen LogP contribution in [0.2, 0.25) is 0 Å². The van der Waals surface area contributed by atoms with Gasteiger partial charge in [-0.15, -0.1) is 0 Å². The Balaban J connectivity index is 1.36. The molecule has 3 N–H and O–H groups in total. The van der Waals surface area contributed by atoms with Crippen molar-refractivity contribution in [1.29, 1.82) is 0 Å². The van der Waals surface area contributed by atoms with Gasteiger partial charge in [-0.3, -0.25) is 0 Å². The van der Waals surface area contributed by atoms with E-state index in [1.807, 2.05) is 6.92 Å². The molecule has 180 valence electrons. The summed E-state index contributed by atoms with van der Waals surface area (Å²) in [4.78, 5) is 0. The predicted octanol–water partition coefficient (Wildman–Crippen LogP) is 4.98. The molecule has 0 aromatic carbocycles. The quantitative estimate of drug-likeness (QED) is 0.537. The van der Waals surface area contributed by atoms with Crippen molar-refractivity contribution < 1.29 is 20.1 Å². The number of aliphatic hydroxyl groups excluding tert-OH is 3. The summed E-state index contributed by atoms with van der Waals surface area (Å²) in [5.74, 6) is 3.35. The first-order valence-corrected chi connectivity index (χ1v) is 13.2. The molecule has 0 bridgehead atoms. The fourth-order valence-electron chi connectivity index (χ4n) is 9.27. The van der Waals surface area contributed by atoms with Crippen molar-refractivity contribution in [3.63, 3.8) is 0 Å². The summed E-state index contributed by atoms with van der Waals surface area (Å²) in [7, 11) is 0. The Bertz CT molecular complexity index is 801. The van der Waals surface area contributed by atoms with Gasteiger partial charge in [-0.25, -0.2) is 0 Å². The van der Waals surface area contributed by atoms with Gasteiger partial charge in [-0.2, -0.15) is 0 Å². The molecule has 10 atom stereocenters. The molecule has 0 radical (unpaired) electrons. The van der Waals surface area contributed by atoms with Crippen LogP contribution in [0.4, 0.5) is 0 Å². The molecule has 0 aromatic heterocycles. The van der Waals surface area contributed by atoms with E-state index in [4.69, 9.17) is 4.74 Å². The molecule has 1 heterocycles. The highest BCUT2D eigenvalue weighted by Crippen LogP contribution is 2.67. The summed E-state index contributed by atoms with van der Waals surface area (Å²) in [6, 6.07) is 0. The molecular weight excluding hydrogens is 400 g/mol. The van der Waals surface area contributed by atoms with Crippen molar-refractivity contribution in [3.05, 3.63) is 22.8 Å². The fraction of sp³-hybridized carbons (Fsp3) is 0.857. The first-order valence-electron chi connectivity index (χ1n) is 13.2. The van der Waals surface area contributed by atoms with Crippen molar-refractivity contribution in [2.24, 2.45) is 40.4 Å². The van der Waals surface area contributed by atoms with E-state index in [0.29, 0.717) is 28.2 Å². The van der Waals surface area contributed by atoms with Gasteiger partial charge in [0.1, 0.15) is 0 Å². The number of hydrogen-bond donors (Lipinski definition) is 3. The highest BCUT2D eigenvalue weighted by molar-refractivity contribution is 5.25. The van der Waals surface area contributed by atoms with Crippen LogP contribution in [0, 0.1) is 40.4 Å². The van der Waals surface area contributed by atoms with Gasteiger partial charge in [0.05, 0.1) is 18.8 Å². The van der Waals surface area contributed by atoms with Crippen molar-refractivity contribution in [3.8, 4) is 0 Å². The van der Waals surface area contributed by atoms with Crippen LogP contribution in [0.15, 0.2) is 22.8 Å². The van der Waals surface area contributed by atoms with Gasteiger partial charge < -0.3 is 20.1 Å². The second-order valence-corrected chi connectivity index (χ2v) is 12.4. The summed E-state index contributed by atoms with van der Waals surface area (Å²) in [5.41, 5.74) is 3.95. The zero-order chi connectivity index (χ0) is 22.8. The van der Waals surface area contributed by atoms with Gasteiger partial charge in [-0.1, -0.05) is 38.0 Å². The minimum atomic E-state index is -0.953. The molecule has 5 aliphatic rings. The van der Waals surface area contributed by atoms with Gasteiger partial charge in [-0.05, 0) is 105 Å². The highest BCUT2D eigenvalue weighted by Gasteiger charge is 2.59. The maximum atomic E-state index is 10.4. The molecule has 4 aliphatic carbocycles. The van der Waals surface area contributed by atoms with Crippen molar-refractivity contribution in [2.45, 2.75) is 104 Å². The molecule has 4 heteroatoms. The molecule has 0 amide bonds. The lowest BCUT2D eigenvalue weighted by molar-refractivity contribution is -0.155. The number of allylic oxidation sites excluding steroid dienone is 1. The molecule has 32 heavy (non-hydrogen) atoms. The molecule has 1 unspecified atom stereocenters. The van der Waals surface area contributed by atoms with Crippen LogP contribution in [-0.4, -0.2) is 40.4 Å². The molecule has 4 nitrogen and oxygen atoms in total. The summed E-state index contributed by atoms with van der Waals surface area (Å²) < 4.78 is 6.07. The molecule has 1 aliphatic heterocycles. The van der Waals surface area contributed by atoms with E-state index in [1.165, 1.54) is 32.1 Å². The van der Waals surface area contributed by atoms with Gasteiger partial charge in [0.15, 0.2) is 6.29 Å². The normalized spacial score (nSPS) is 49.7. The van der Waals surface area contributed by atoms with Crippen molar-refractivity contribution >= 4 is 0 Å². The minimum absolute atomic E-state index is 0.0359. The van der Waals surface area contributed by atoms with Gasteiger partial charge in [0, 0.05) is 5.57 Å². The van der Waals surface area contributed by atoms with Crippen LogP contribution >= 0.6 is 0 Å². The van der Waals surface area contributed by atoms with E-state index in [2.05, 4.69) is 26.8 Å². The third-order valence-corrected chi connectivity index (χ3v) is 11.2. The lowest BCUT2D eigenvalue weighted by Crippen LogP contribution is -2.51.